The third-order valence-corrected chi connectivity index (χ3v) is 8.37. The predicted octanol–water partition coefficient (Wildman–Crippen LogP) is 9.75. The van der Waals surface area contributed by atoms with E-state index in [0.717, 1.165) is 38.5 Å². The monoisotopic (exact) mass is 522 g/mol. The van der Waals surface area contributed by atoms with Gasteiger partial charge in [-0.05, 0) is 96.6 Å². The lowest BCUT2D eigenvalue weighted by molar-refractivity contribution is 0.290. The molecule has 0 aliphatic heterocycles. The molecule has 0 aliphatic carbocycles. The quantitative estimate of drug-likeness (QED) is 0.136. The third kappa shape index (κ3) is 8.82. The number of benzene rings is 5. The Labute approximate surface area is 241 Å². The summed E-state index contributed by atoms with van der Waals surface area (Å²) in [7, 11) is 0. The van der Waals surface area contributed by atoms with Crippen molar-refractivity contribution in [3.05, 3.63) is 179 Å². The van der Waals surface area contributed by atoms with E-state index in [-0.39, 0.29) is 0 Å². The maximum atomic E-state index is 2.37. The summed E-state index contributed by atoms with van der Waals surface area (Å²) in [5, 5.41) is 0. The average molecular weight is 523 g/mol. The first-order chi connectivity index (χ1) is 19.8. The van der Waals surface area contributed by atoms with Gasteiger partial charge in [-0.15, -0.1) is 0 Å². The van der Waals surface area contributed by atoms with E-state index in [2.05, 4.69) is 146 Å². The van der Waals surface area contributed by atoms with Gasteiger partial charge in [-0.2, -0.15) is 0 Å². The molecule has 0 aromatic heterocycles. The lowest BCUT2D eigenvalue weighted by Crippen LogP contribution is -2.22. The van der Waals surface area contributed by atoms with Crippen LogP contribution in [0.3, 0.4) is 0 Å². The van der Waals surface area contributed by atoms with Crippen molar-refractivity contribution in [1.29, 1.82) is 0 Å². The highest BCUT2D eigenvalue weighted by Crippen LogP contribution is 2.30. The highest BCUT2D eigenvalue weighted by atomic mass is 14.3. The second kappa shape index (κ2) is 15.0. The van der Waals surface area contributed by atoms with Crippen LogP contribution in [-0.4, -0.2) is 0 Å². The molecule has 5 aromatic carbocycles. The summed E-state index contributed by atoms with van der Waals surface area (Å²) in [5.74, 6) is 1.26. The molecule has 202 valence electrons. The summed E-state index contributed by atoms with van der Waals surface area (Å²) in [6.45, 7) is 0. The maximum Gasteiger partial charge on any atom is -0.0238 e. The first kappa shape index (κ1) is 27.7. The minimum absolute atomic E-state index is 0.629. The molecule has 2 atom stereocenters. The molecule has 0 heterocycles. The fourth-order valence-corrected chi connectivity index (χ4v) is 6.00. The summed E-state index contributed by atoms with van der Waals surface area (Å²) >= 11 is 0. The molecule has 40 heavy (non-hydrogen) atoms. The number of hydrogen-bond acceptors (Lipinski definition) is 0. The molecule has 0 aliphatic rings. The zero-order valence-electron chi connectivity index (χ0n) is 23.7. The number of rotatable bonds is 14. The second-order valence-corrected chi connectivity index (χ2v) is 11.3. The predicted molar refractivity (Wildman–Crippen MR) is 171 cm³/mol. The van der Waals surface area contributed by atoms with Gasteiger partial charge in [-0.25, -0.2) is 0 Å². The van der Waals surface area contributed by atoms with E-state index in [1.165, 1.54) is 46.2 Å². The molecule has 0 saturated heterocycles. The molecular formula is C40H42. The Kier molecular flexibility index (Phi) is 10.4. The summed E-state index contributed by atoms with van der Waals surface area (Å²) in [6.07, 6.45) is 9.18. The van der Waals surface area contributed by atoms with Crippen molar-refractivity contribution in [2.45, 2.75) is 51.4 Å². The molecule has 2 unspecified atom stereocenters. The standard InChI is InChI=1S/C40H42/c1-5-13-33(14-6-1)21-22-35-23-25-36(26-24-35)28-30-40(32-38-19-11-4-12-20-38)39(31-37-17-9-3-10-18-37)29-27-34-15-7-2-8-16-34/h1-20,23-26,39-40H,21-22,27-32H2. The lowest BCUT2D eigenvalue weighted by atomic mass is 9.77. The fraction of sp³-hybridized carbons (Fsp3) is 0.250. The Morgan fingerprint density at radius 1 is 0.275 bits per heavy atom. The third-order valence-electron chi connectivity index (χ3n) is 8.37. The van der Waals surface area contributed by atoms with E-state index in [0.29, 0.717) is 11.8 Å². The Morgan fingerprint density at radius 3 is 0.925 bits per heavy atom. The molecule has 0 radical (unpaired) electrons. The summed E-state index contributed by atoms with van der Waals surface area (Å²) < 4.78 is 0. The van der Waals surface area contributed by atoms with Gasteiger partial charge >= 0.3 is 0 Å². The topological polar surface area (TPSA) is 0 Å². The molecule has 0 amide bonds. The van der Waals surface area contributed by atoms with Gasteiger partial charge in [0.2, 0.25) is 0 Å². The molecule has 0 spiro atoms. The minimum Gasteiger partial charge on any atom is -0.0622 e. The van der Waals surface area contributed by atoms with Gasteiger partial charge in [0.1, 0.15) is 0 Å². The van der Waals surface area contributed by atoms with Crippen LogP contribution in [0.5, 0.6) is 0 Å². The minimum atomic E-state index is 0.629. The van der Waals surface area contributed by atoms with Gasteiger partial charge in [0.25, 0.3) is 0 Å². The molecule has 0 fully saturated rings. The van der Waals surface area contributed by atoms with Gasteiger partial charge in [0, 0.05) is 0 Å². The van der Waals surface area contributed by atoms with Crippen LogP contribution in [0.2, 0.25) is 0 Å². The first-order valence-corrected chi connectivity index (χ1v) is 15.1. The zero-order chi connectivity index (χ0) is 27.2. The van der Waals surface area contributed by atoms with Crippen LogP contribution in [0.15, 0.2) is 146 Å². The van der Waals surface area contributed by atoms with Crippen molar-refractivity contribution in [2.75, 3.05) is 0 Å². The molecule has 5 rings (SSSR count). The van der Waals surface area contributed by atoms with Gasteiger partial charge in [-0.1, -0.05) is 146 Å². The van der Waals surface area contributed by atoms with Crippen LogP contribution in [0.1, 0.15) is 46.2 Å². The van der Waals surface area contributed by atoms with Crippen molar-refractivity contribution in [3.63, 3.8) is 0 Å². The Hall–Kier alpha value is -3.90. The highest BCUT2D eigenvalue weighted by molar-refractivity contribution is 5.25. The van der Waals surface area contributed by atoms with E-state index < -0.39 is 0 Å². The Balaban J connectivity index is 1.29. The van der Waals surface area contributed by atoms with Crippen LogP contribution in [0.25, 0.3) is 0 Å². The van der Waals surface area contributed by atoms with Crippen molar-refractivity contribution in [2.24, 2.45) is 11.8 Å². The van der Waals surface area contributed by atoms with Crippen LogP contribution in [0, 0.1) is 11.8 Å². The van der Waals surface area contributed by atoms with Crippen molar-refractivity contribution >= 4 is 0 Å². The van der Waals surface area contributed by atoms with Crippen molar-refractivity contribution in [1.82, 2.24) is 0 Å². The summed E-state index contributed by atoms with van der Waals surface area (Å²) in [6, 6.07) is 53.6. The molecule has 0 saturated carbocycles. The van der Waals surface area contributed by atoms with E-state index in [1.807, 2.05) is 0 Å². The Morgan fingerprint density at radius 2 is 0.550 bits per heavy atom. The first-order valence-electron chi connectivity index (χ1n) is 15.1. The molecule has 0 N–H and O–H groups in total. The maximum absolute atomic E-state index is 2.37. The highest BCUT2D eigenvalue weighted by Gasteiger charge is 2.22. The number of hydrogen-bond donors (Lipinski definition) is 0. The van der Waals surface area contributed by atoms with Crippen LogP contribution in [-0.2, 0) is 38.5 Å². The van der Waals surface area contributed by atoms with Gasteiger partial charge < -0.3 is 0 Å². The van der Waals surface area contributed by atoms with E-state index in [1.54, 1.807) is 0 Å². The molecule has 5 aromatic rings. The normalized spacial score (nSPS) is 12.6. The smallest absolute Gasteiger partial charge is 0.0238 e. The summed E-state index contributed by atoms with van der Waals surface area (Å²) in [4.78, 5) is 0. The number of aryl methyl sites for hydroxylation is 4. The van der Waals surface area contributed by atoms with Gasteiger partial charge in [0.05, 0.1) is 0 Å². The van der Waals surface area contributed by atoms with E-state index in [9.17, 15) is 0 Å². The fourth-order valence-electron chi connectivity index (χ4n) is 6.00. The zero-order valence-corrected chi connectivity index (χ0v) is 23.7. The lowest BCUT2D eigenvalue weighted by Gasteiger charge is -2.28. The van der Waals surface area contributed by atoms with Gasteiger partial charge in [-0.3, -0.25) is 0 Å². The molecular weight excluding hydrogens is 480 g/mol. The Bertz CT molecular complexity index is 1360. The molecule has 0 bridgehead atoms. The molecule has 0 nitrogen and oxygen atoms in total. The van der Waals surface area contributed by atoms with Crippen molar-refractivity contribution in [3.8, 4) is 0 Å². The van der Waals surface area contributed by atoms with Crippen LogP contribution >= 0.6 is 0 Å². The SMILES string of the molecule is c1ccc(CCc2ccc(CCC(Cc3ccccc3)C(CCc3ccccc3)Cc3ccccc3)cc2)cc1. The largest absolute Gasteiger partial charge is 0.0622 e. The van der Waals surface area contributed by atoms with Crippen LogP contribution in [0.4, 0.5) is 0 Å². The van der Waals surface area contributed by atoms with Crippen molar-refractivity contribution < 1.29 is 0 Å². The van der Waals surface area contributed by atoms with Gasteiger partial charge in [0.15, 0.2) is 0 Å². The molecule has 0 heteroatoms. The van der Waals surface area contributed by atoms with Crippen LogP contribution < -0.4 is 0 Å². The summed E-state index contributed by atoms with van der Waals surface area (Å²) in [5.41, 5.74) is 8.67. The van der Waals surface area contributed by atoms with E-state index in [4.69, 9.17) is 0 Å². The van der Waals surface area contributed by atoms with E-state index >= 15 is 0 Å². The average Bonchev–Trinajstić information content (AvgIpc) is 3.03. The second-order valence-electron chi connectivity index (χ2n) is 11.3.